The van der Waals surface area contributed by atoms with Crippen molar-refractivity contribution >= 4 is 5.97 Å². The van der Waals surface area contributed by atoms with Crippen LogP contribution >= 0.6 is 0 Å². The van der Waals surface area contributed by atoms with Crippen LogP contribution in [0.3, 0.4) is 0 Å². The maximum atomic E-state index is 11.1. The fourth-order valence-electron chi connectivity index (χ4n) is 0.923. The van der Waals surface area contributed by atoms with E-state index in [1.165, 1.54) is 13.5 Å². The number of hydrogen-bond donors (Lipinski definition) is 0. The first-order valence-electron chi connectivity index (χ1n) is 4.97. The van der Waals surface area contributed by atoms with Gasteiger partial charge in [0.25, 0.3) is 0 Å². The van der Waals surface area contributed by atoms with Crippen LogP contribution in [0.2, 0.25) is 0 Å². The van der Waals surface area contributed by atoms with Crippen molar-refractivity contribution in [2.24, 2.45) is 0 Å². The number of aryl methyl sites for hydroxylation is 1. The summed E-state index contributed by atoms with van der Waals surface area (Å²) in [6, 6.07) is 7.17. The van der Waals surface area contributed by atoms with Crippen molar-refractivity contribution in [1.29, 1.82) is 0 Å². The topological polar surface area (TPSA) is 35.5 Å². The van der Waals surface area contributed by atoms with Crippen LogP contribution in [0.5, 0.6) is 0 Å². The van der Waals surface area contributed by atoms with Gasteiger partial charge in [0.05, 0.1) is 12.7 Å². The summed E-state index contributed by atoms with van der Waals surface area (Å²) in [7, 11) is 1.30. The zero-order valence-corrected chi connectivity index (χ0v) is 9.74. The third-order valence-corrected chi connectivity index (χ3v) is 1.52. The standard InChI is InChI=1S/C9H10O3.C3H8/c1-7-5-3-4-6-8(7)9(10)12-11-2;1-3-2/h3-6H,1-2H3;3H2,1-2H3. The molecule has 0 saturated heterocycles. The first-order valence-corrected chi connectivity index (χ1v) is 4.97. The first kappa shape index (κ1) is 13.7. The van der Waals surface area contributed by atoms with E-state index in [4.69, 9.17) is 0 Å². The van der Waals surface area contributed by atoms with Crippen molar-refractivity contribution in [3.05, 3.63) is 35.4 Å². The van der Waals surface area contributed by atoms with Gasteiger partial charge in [0.2, 0.25) is 0 Å². The van der Waals surface area contributed by atoms with E-state index in [2.05, 4.69) is 23.6 Å². The van der Waals surface area contributed by atoms with Gasteiger partial charge in [-0.05, 0) is 18.6 Å². The number of carbonyl (C=O) groups excluding carboxylic acids is 1. The Morgan fingerprint density at radius 1 is 1.27 bits per heavy atom. The van der Waals surface area contributed by atoms with Crippen molar-refractivity contribution in [3.63, 3.8) is 0 Å². The highest BCUT2D eigenvalue weighted by atomic mass is 17.2. The molecule has 0 heterocycles. The summed E-state index contributed by atoms with van der Waals surface area (Å²) < 4.78 is 0. The Balaban J connectivity index is 0.000000583. The Morgan fingerprint density at radius 2 is 1.80 bits per heavy atom. The Labute approximate surface area is 90.9 Å². The Morgan fingerprint density at radius 3 is 2.27 bits per heavy atom. The summed E-state index contributed by atoms with van der Waals surface area (Å²) in [4.78, 5) is 19.8. The summed E-state index contributed by atoms with van der Waals surface area (Å²) in [5, 5.41) is 0. The largest absolute Gasteiger partial charge is 0.373 e. The minimum atomic E-state index is -0.462. The zero-order chi connectivity index (χ0) is 11.7. The Hall–Kier alpha value is -1.35. The molecule has 1 rings (SSSR count). The highest BCUT2D eigenvalue weighted by Crippen LogP contribution is 2.07. The van der Waals surface area contributed by atoms with Crippen LogP contribution in [0.1, 0.15) is 36.2 Å². The number of carbonyl (C=O) groups is 1. The fraction of sp³-hybridized carbons (Fsp3) is 0.417. The molecule has 1 aromatic rings. The van der Waals surface area contributed by atoms with E-state index in [9.17, 15) is 4.79 Å². The maximum Gasteiger partial charge on any atom is 0.373 e. The first-order chi connectivity index (χ1) is 7.17. The van der Waals surface area contributed by atoms with Gasteiger partial charge < -0.3 is 0 Å². The summed E-state index contributed by atoms with van der Waals surface area (Å²) in [5.41, 5.74) is 1.40. The summed E-state index contributed by atoms with van der Waals surface area (Å²) in [6.07, 6.45) is 1.25. The minimum absolute atomic E-state index is 0.462. The van der Waals surface area contributed by atoms with E-state index in [-0.39, 0.29) is 0 Å². The van der Waals surface area contributed by atoms with Crippen LogP contribution in [0.4, 0.5) is 0 Å². The zero-order valence-electron chi connectivity index (χ0n) is 9.74. The number of rotatable bonds is 2. The van der Waals surface area contributed by atoms with Gasteiger partial charge in [-0.1, -0.05) is 38.5 Å². The molecule has 0 bridgehead atoms. The van der Waals surface area contributed by atoms with Crippen LogP contribution in [-0.2, 0) is 9.78 Å². The van der Waals surface area contributed by atoms with Crippen molar-refractivity contribution in [2.75, 3.05) is 7.11 Å². The van der Waals surface area contributed by atoms with Gasteiger partial charge in [0.15, 0.2) is 0 Å². The van der Waals surface area contributed by atoms with Gasteiger partial charge in [0, 0.05) is 0 Å². The molecule has 0 atom stereocenters. The third kappa shape index (κ3) is 5.18. The molecular formula is C12H18O3. The van der Waals surface area contributed by atoms with E-state index in [1.54, 1.807) is 12.1 Å². The average Bonchev–Trinajstić information content (AvgIpc) is 2.20. The van der Waals surface area contributed by atoms with Crippen LogP contribution in [-0.4, -0.2) is 13.1 Å². The Kier molecular flexibility index (Phi) is 7.28. The van der Waals surface area contributed by atoms with E-state index in [0.29, 0.717) is 5.56 Å². The fourth-order valence-corrected chi connectivity index (χ4v) is 0.923. The molecule has 0 unspecified atom stereocenters. The lowest BCUT2D eigenvalue weighted by Gasteiger charge is -2.01. The Bertz CT molecular complexity index is 295. The van der Waals surface area contributed by atoms with Crippen molar-refractivity contribution in [1.82, 2.24) is 0 Å². The molecule has 1 aromatic carbocycles. The smallest absolute Gasteiger partial charge is 0.293 e. The van der Waals surface area contributed by atoms with Crippen LogP contribution < -0.4 is 0 Å². The molecule has 0 radical (unpaired) electrons. The minimum Gasteiger partial charge on any atom is -0.293 e. The van der Waals surface area contributed by atoms with Crippen molar-refractivity contribution in [2.45, 2.75) is 27.2 Å². The van der Waals surface area contributed by atoms with Crippen LogP contribution in [0.25, 0.3) is 0 Å². The summed E-state index contributed by atoms with van der Waals surface area (Å²) in [5.74, 6) is -0.462. The predicted molar refractivity (Wildman–Crippen MR) is 59.6 cm³/mol. The van der Waals surface area contributed by atoms with Crippen LogP contribution in [0, 0.1) is 6.92 Å². The summed E-state index contributed by atoms with van der Waals surface area (Å²) >= 11 is 0. The maximum absolute atomic E-state index is 11.1. The lowest BCUT2D eigenvalue weighted by molar-refractivity contribution is -0.216. The van der Waals surface area contributed by atoms with Gasteiger partial charge in [-0.2, -0.15) is 4.89 Å². The molecule has 3 heteroatoms. The van der Waals surface area contributed by atoms with Gasteiger partial charge in [-0.3, -0.25) is 4.89 Å². The molecular weight excluding hydrogens is 192 g/mol. The monoisotopic (exact) mass is 210 g/mol. The molecule has 0 aliphatic heterocycles. The number of hydrogen-bond acceptors (Lipinski definition) is 3. The van der Waals surface area contributed by atoms with Crippen molar-refractivity contribution in [3.8, 4) is 0 Å². The molecule has 0 N–H and O–H groups in total. The molecule has 0 amide bonds. The quantitative estimate of drug-likeness (QED) is 0.555. The van der Waals surface area contributed by atoms with E-state index in [1.807, 2.05) is 19.1 Å². The molecule has 0 aliphatic rings. The second kappa shape index (κ2) is 8.00. The molecule has 0 saturated carbocycles. The lowest BCUT2D eigenvalue weighted by atomic mass is 10.1. The number of benzene rings is 1. The van der Waals surface area contributed by atoms with Gasteiger partial charge in [-0.15, -0.1) is 0 Å². The SMILES string of the molecule is CCC.COOC(=O)c1ccccc1C. The normalized spacial score (nSPS) is 8.80. The predicted octanol–water partition coefficient (Wildman–Crippen LogP) is 3.13. The molecule has 0 aliphatic carbocycles. The second-order valence-electron chi connectivity index (χ2n) is 3.06. The third-order valence-electron chi connectivity index (χ3n) is 1.52. The molecule has 84 valence electrons. The van der Waals surface area contributed by atoms with Gasteiger partial charge in [0.1, 0.15) is 0 Å². The van der Waals surface area contributed by atoms with Crippen LogP contribution in [0.15, 0.2) is 24.3 Å². The molecule has 0 fully saturated rings. The molecule has 15 heavy (non-hydrogen) atoms. The van der Waals surface area contributed by atoms with Crippen molar-refractivity contribution < 1.29 is 14.6 Å². The average molecular weight is 210 g/mol. The lowest BCUT2D eigenvalue weighted by Crippen LogP contribution is -2.05. The van der Waals surface area contributed by atoms with E-state index >= 15 is 0 Å². The second-order valence-corrected chi connectivity index (χ2v) is 3.06. The summed E-state index contributed by atoms with van der Waals surface area (Å²) in [6.45, 7) is 6.09. The van der Waals surface area contributed by atoms with E-state index < -0.39 is 5.97 Å². The highest BCUT2D eigenvalue weighted by Gasteiger charge is 2.09. The van der Waals surface area contributed by atoms with Gasteiger partial charge >= 0.3 is 5.97 Å². The highest BCUT2D eigenvalue weighted by molar-refractivity contribution is 5.90. The molecule has 0 aromatic heterocycles. The molecule has 0 spiro atoms. The van der Waals surface area contributed by atoms with E-state index in [0.717, 1.165) is 5.56 Å². The van der Waals surface area contributed by atoms with Gasteiger partial charge in [-0.25, -0.2) is 4.79 Å². The molecule has 3 nitrogen and oxygen atoms in total.